The first-order valence-corrected chi connectivity index (χ1v) is 5.06. The molecule has 1 aliphatic heterocycles. The third-order valence-corrected chi connectivity index (χ3v) is 2.40. The van der Waals surface area contributed by atoms with E-state index in [9.17, 15) is 4.79 Å². The predicted molar refractivity (Wildman–Crippen MR) is 61.1 cm³/mol. The van der Waals surface area contributed by atoms with E-state index in [1.807, 2.05) is 30.3 Å². The number of hydrogen-bond acceptors (Lipinski definition) is 3. The van der Waals surface area contributed by atoms with Crippen molar-refractivity contribution in [3.05, 3.63) is 35.5 Å². The zero-order valence-electron chi connectivity index (χ0n) is 8.49. The van der Waals surface area contributed by atoms with Crippen LogP contribution in [-0.2, 0) is 4.79 Å². The van der Waals surface area contributed by atoms with E-state index in [1.54, 1.807) is 0 Å². The lowest BCUT2D eigenvalue weighted by atomic mass is 10.1. The molecule has 1 heterocycles. The maximum atomic E-state index is 11.2. The van der Waals surface area contributed by atoms with Crippen LogP contribution >= 0.6 is 0 Å². The summed E-state index contributed by atoms with van der Waals surface area (Å²) in [6.45, 7) is 0.743. The van der Waals surface area contributed by atoms with E-state index >= 15 is 0 Å². The predicted octanol–water partition coefficient (Wildman–Crippen LogP) is 1.56. The lowest BCUT2D eigenvalue weighted by Gasteiger charge is -2.15. The van der Waals surface area contributed by atoms with Crippen molar-refractivity contribution in [1.82, 2.24) is 5.32 Å². The van der Waals surface area contributed by atoms with Crippen molar-refractivity contribution in [2.45, 2.75) is 12.8 Å². The molecule has 15 heavy (non-hydrogen) atoms. The Labute approximate surface area is 89.0 Å². The average Bonchev–Trinajstić information content (AvgIpc) is 2.17. The molecule has 0 atom stereocenters. The van der Waals surface area contributed by atoms with Crippen LogP contribution < -0.4 is 11.1 Å². The third-order valence-electron chi connectivity index (χ3n) is 2.40. The van der Waals surface area contributed by atoms with Gasteiger partial charge >= 0.3 is 0 Å². The van der Waals surface area contributed by atoms with Gasteiger partial charge in [-0.3, -0.25) is 4.79 Å². The normalized spacial score (nSPS) is 18.9. The van der Waals surface area contributed by atoms with Gasteiger partial charge in [-0.25, -0.2) is 0 Å². The molecule has 0 spiro atoms. The van der Waals surface area contributed by atoms with Crippen molar-refractivity contribution in [3.8, 4) is 0 Å². The number of piperidine rings is 1. The maximum absolute atomic E-state index is 11.2. The van der Waals surface area contributed by atoms with Crippen molar-refractivity contribution in [3.63, 3.8) is 0 Å². The number of hydrogen-bond donors (Lipinski definition) is 2. The highest BCUT2D eigenvalue weighted by Crippen LogP contribution is 2.14. The topological polar surface area (TPSA) is 55.1 Å². The van der Waals surface area contributed by atoms with Crippen LogP contribution in [0, 0.1) is 0 Å². The van der Waals surface area contributed by atoms with Gasteiger partial charge in [0, 0.05) is 30.8 Å². The van der Waals surface area contributed by atoms with Crippen LogP contribution in [0.15, 0.2) is 30.0 Å². The summed E-state index contributed by atoms with van der Waals surface area (Å²) in [6.07, 6.45) is 3.12. The number of nitrogens with one attached hydrogen (secondary N) is 1. The number of allylic oxidation sites excluding steroid dienone is 1. The SMILES string of the molecule is Nc1cccc(C=C2CC(=O)CCN2)c1. The second-order valence-electron chi connectivity index (χ2n) is 3.73. The Morgan fingerprint density at radius 1 is 1.40 bits per heavy atom. The lowest BCUT2D eigenvalue weighted by Crippen LogP contribution is -2.25. The van der Waals surface area contributed by atoms with Crippen molar-refractivity contribution in [2.75, 3.05) is 12.3 Å². The molecule has 0 radical (unpaired) electrons. The molecular weight excluding hydrogens is 188 g/mol. The van der Waals surface area contributed by atoms with Crippen molar-refractivity contribution in [2.24, 2.45) is 0 Å². The second-order valence-corrected chi connectivity index (χ2v) is 3.73. The Morgan fingerprint density at radius 2 is 2.27 bits per heavy atom. The third kappa shape index (κ3) is 2.59. The highest BCUT2D eigenvalue weighted by atomic mass is 16.1. The van der Waals surface area contributed by atoms with Gasteiger partial charge in [-0.1, -0.05) is 12.1 Å². The van der Waals surface area contributed by atoms with Gasteiger partial charge in [-0.05, 0) is 23.8 Å². The summed E-state index contributed by atoms with van der Waals surface area (Å²) in [5, 5.41) is 3.22. The number of rotatable bonds is 1. The van der Waals surface area contributed by atoms with E-state index in [1.165, 1.54) is 0 Å². The van der Waals surface area contributed by atoms with E-state index in [4.69, 9.17) is 5.73 Å². The summed E-state index contributed by atoms with van der Waals surface area (Å²) in [5.74, 6) is 0.295. The molecular formula is C12H14N2O. The maximum Gasteiger partial charge on any atom is 0.140 e. The fourth-order valence-corrected chi connectivity index (χ4v) is 1.68. The molecule has 3 nitrogen and oxygen atoms in total. The van der Waals surface area contributed by atoms with Gasteiger partial charge in [0.25, 0.3) is 0 Å². The number of nitrogen functional groups attached to an aromatic ring is 1. The van der Waals surface area contributed by atoms with Crippen LogP contribution in [0.25, 0.3) is 6.08 Å². The number of anilines is 1. The van der Waals surface area contributed by atoms with Gasteiger partial charge in [0.2, 0.25) is 0 Å². The van der Waals surface area contributed by atoms with Gasteiger partial charge in [-0.15, -0.1) is 0 Å². The second kappa shape index (κ2) is 4.17. The van der Waals surface area contributed by atoms with Crippen LogP contribution in [0.4, 0.5) is 5.69 Å². The number of nitrogens with two attached hydrogens (primary N) is 1. The molecule has 78 valence electrons. The lowest BCUT2D eigenvalue weighted by molar-refractivity contribution is -0.119. The minimum atomic E-state index is 0.295. The van der Waals surface area contributed by atoms with Gasteiger partial charge in [0.15, 0.2) is 0 Å². The minimum absolute atomic E-state index is 0.295. The first kappa shape index (κ1) is 9.77. The Hall–Kier alpha value is -1.77. The molecule has 0 unspecified atom stereocenters. The molecule has 1 saturated heterocycles. The molecule has 1 aromatic carbocycles. The van der Waals surface area contributed by atoms with Crippen molar-refractivity contribution in [1.29, 1.82) is 0 Å². The highest BCUT2D eigenvalue weighted by molar-refractivity contribution is 5.83. The Kier molecular flexibility index (Phi) is 2.72. The summed E-state index contributed by atoms with van der Waals surface area (Å²) in [4.78, 5) is 11.2. The van der Waals surface area contributed by atoms with Gasteiger partial charge < -0.3 is 11.1 Å². The molecule has 3 N–H and O–H groups in total. The van der Waals surface area contributed by atoms with Crippen LogP contribution in [0.1, 0.15) is 18.4 Å². The van der Waals surface area contributed by atoms with Crippen LogP contribution in [-0.4, -0.2) is 12.3 Å². The number of carbonyl (C=O) groups is 1. The fraction of sp³-hybridized carbons (Fsp3) is 0.250. The Balaban J connectivity index is 2.18. The standard InChI is InChI=1S/C12H14N2O/c13-10-3-1-2-9(6-10)7-11-8-12(15)4-5-14-11/h1-3,6-7,14H,4-5,8,13H2. The van der Waals surface area contributed by atoms with Gasteiger partial charge in [0.05, 0.1) is 0 Å². The molecule has 0 bridgehead atoms. The van der Waals surface area contributed by atoms with E-state index in [2.05, 4.69) is 5.32 Å². The molecule has 0 aliphatic carbocycles. The molecule has 1 aromatic rings. The largest absolute Gasteiger partial charge is 0.399 e. The zero-order valence-corrected chi connectivity index (χ0v) is 8.49. The summed E-state index contributed by atoms with van der Waals surface area (Å²) in [6, 6.07) is 7.63. The fourth-order valence-electron chi connectivity index (χ4n) is 1.68. The van der Waals surface area contributed by atoms with Crippen LogP contribution in [0.2, 0.25) is 0 Å². The summed E-state index contributed by atoms with van der Waals surface area (Å²) >= 11 is 0. The molecule has 1 aliphatic rings. The van der Waals surface area contributed by atoms with Crippen LogP contribution in [0.5, 0.6) is 0 Å². The van der Waals surface area contributed by atoms with Crippen molar-refractivity contribution < 1.29 is 4.79 Å². The molecule has 2 rings (SSSR count). The molecule has 3 heteroatoms. The number of benzene rings is 1. The van der Waals surface area contributed by atoms with E-state index in [0.717, 1.165) is 23.5 Å². The number of carbonyl (C=O) groups excluding carboxylic acids is 1. The first-order valence-electron chi connectivity index (χ1n) is 5.06. The summed E-state index contributed by atoms with van der Waals surface area (Å²) in [5.41, 5.74) is 8.43. The molecule has 0 saturated carbocycles. The van der Waals surface area contributed by atoms with E-state index in [-0.39, 0.29) is 0 Å². The van der Waals surface area contributed by atoms with Gasteiger partial charge in [0.1, 0.15) is 5.78 Å². The summed E-state index contributed by atoms with van der Waals surface area (Å²) in [7, 11) is 0. The molecule has 0 aromatic heterocycles. The molecule has 1 fully saturated rings. The first-order chi connectivity index (χ1) is 7.24. The monoisotopic (exact) mass is 202 g/mol. The summed E-state index contributed by atoms with van der Waals surface area (Å²) < 4.78 is 0. The van der Waals surface area contributed by atoms with Gasteiger partial charge in [-0.2, -0.15) is 0 Å². The minimum Gasteiger partial charge on any atom is -0.399 e. The van der Waals surface area contributed by atoms with E-state index in [0.29, 0.717) is 18.6 Å². The van der Waals surface area contributed by atoms with Crippen molar-refractivity contribution >= 4 is 17.5 Å². The smallest absolute Gasteiger partial charge is 0.140 e. The van der Waals surface area contributed by atoms with Crippen LogP contribution in [0.3, 0.4) is 0 Å². The van der Waals surface area contributed by atoms with E-state index < -0.39 is 0 Å². The molecule has 0 amide bonds. The Morgan fingerprint density at radius 3 is 3.00 bits per heavy atom. The zero-order chi connectivity index (χ0) is 10.7. The highest BCUT2D eigenvalue weighted by Gasteiger charge is 2.11. The quantitative estimate of drug-likeness (QED) is 0.679. The number of ketones is 1. The average molecular weight is 202 g/mol. The Bertz CT molecular complexity index is 410. The number of Topliss-reactive ketones (excluding diaryl/α,β-unsaturated/α-hetero) is 1.